The Bertz CT molecular complexity index is 486. The van der Waals surface area contributed by atoms with Crippen LogP contribution >= 0.6 is 12.4 Å². The molecule has 2 saturated heterocycles. The number of aliphatic hydroxyl groups is 3. The average molecular weight is 387 g/mol. The maximum atomic E-state index is 12.2. The Morgan fingerprint density at radius 1 is 1.08 bits per heavy atom. The second kappa shape index (κ2) is 8.09. The number of likely N-dealkylation sites (N-methyl/N-ethyl adjacent to an activating group) is 2. The van der Waals surface area contributed by atoms with Crippen molar-refractivity contribution in [3.8, 4) is 0 Å². The molecule has 9 atom stereocenters. The molecule has 148 valence electrons. The first-order valence-corrected chi connectivity index (χ1v) is 7.78. The van der Waals surface area contributed by atoms with E-state index in [0.29, 0.717) is 0 Å². The van der Waals surface area contributed by atoms with Gasteiger partial charge in [-0.3, -0.25) is 4.79 Å². The minimum absolute atomic E-state index is 0. The highest BCUT2D eigenvalue weighted by Crippen LogP contribution is 2.40. The number of ketones is 1. The standard InChI is InChI=1S/C14H24N2O7.ClH.H2O/c1-5-4-6(17)14(20)13(21-5)22-12-10(19)7(15-2)9(18)8(16-3)11(12)23-14;;/h5,7-13,15-16,18-20H,4H2,1-3H3;1H;1H2. The van der Waals surface area contributed by atoms with Crippen LogP contribution in [0.25, 0.3) is 0 Å². The molecule has 25 heavy (non-hydrogen) atoms. The molecule has 2 heterocycles. The van der Waals surface area contributed by atoms with Crippen LogP contribution in [0.3, 0.4) is 0 Å². The van der Waals surface area contributed by atoms with Gasteiger partial charge in [-0.25, -0.2) is 0 Å². The molecule has 3 aliphatic rings. The molecule has 0 aromatic heterocycles. The number of hydrogen-bond donors (Lipinski definition) is 5. The Hall–Kier alpha value is -0.400. The summed E-state index contributed by atoms with van der Waals surface area (Å²) in [7, 11) is 3.24. The molecule has 0 aromatic carbocycles. The van der Waals surface area contributed by atoms with Gasteiger partial charge in [0.15, 0.2) is 5.78 Å². The van der Waals surface area contributed by atoms with Gasteiger partial charge < -0.3 is 45.6 Å². The first-order chi connectivity index (χ1) is 10.8. The summed E-state index contributed by atoms with van der Waals surface area (Å²) in [5.41, 5.74) is 0. The number of nitrogens with one attached hydrogen (secondary N) is 2. The lowest BCUT2D eigenvalue weighted by Crippen LogP contribution is -2.77. The minimum atomic E-state index is -2.23. The molecule has 1 saturated carbocycles. The Labute approximate surface area is 151 Å². The Morgan fingerprint density at radius 3 is 2.24 bits per heavy atom. The van der Waals surface area contributed by atoms with Crippen molar-refractivity contribution in [3.05, 3.63) is 0 Å². The van der Waals surface area contributed by atoms with E-state index in [9.17, 15) is 20.1 Å². The average Bonchev–Trinajstić information content (AvgIpc) is 2.49. The monoisotopic (exact) mass is 386 g/mol. The fourth-order valence-electron chi connectivity index (χ4n) is 3.68. The number of carbonyl (C=O) groups is 1. The Morgan fingerprint density at radius 2 is 1.68 bits per heavy atom. The van der Waals surface area contributed by atoms with Crippen molar-refractivity contribution in [1.82, 2.24) is 10.6 Å². The predicted octanol–water partition coefficient (Wildman–Crippen LogP) is -3.33. The number of aliphatic hydroxyl groups excluding tert-OH is 2. The third-order valence-electron chi connectivity index (χ3n) is 4.93. The summed E-state index contributed by atoms with van der Waals surface area (Å²) in [6, 6.07) is -1.29. The van der Waals surface area contributed by atoms with Gasteiger partial charge >= 0.3 is 0 Å². The first-order valence-electron chi connectivity index (χ1n) is 7.78. The summed E-state index contributed by atoms with van der Waals surface area (Å²) < 4.78 is 16.8. The molecule has 0 aromatic rings. The maximum Gasteiger partial charge on any atom is 0.280 e. The number of ether oxygens (including phenoxy) is 3. The number of carbonyl (C=O) groups excluding carboxylic acids is 1. The maximum absolute atomic E-state index is 12.2. The molecule has 2 aliphatic heterocycles. The smallest absolute Gasteiger partial charge is 0.280 e. The van der Waals surface area contributed by atoms with Crippen LogP contribution in [0, 0.1) is 0 Å². The lowest BCUT2D eigenvalue weighted by atomic mass is 9.80. The topological polar surface area (TPSA) is 161 Å². The SMILES string of the molecule is CNC1C(O)C(NC)C2OC3(O)C(=O)CC(C)OC3OC2C1O.Cl.O. The summed E-state index contributed by atoms with van der Waals surface area (Å²) in [4.78, 5) is 12.2. The van der Waals surface area contributed by atoms with Crippen LogP contribution in [-0.4, -0.2) is 95.4 Å². The summed E-state index contributed by atoms with van der Waals surface area (Å²) in [6.07, 6.45) is -5.58. The van der Waals surface area contributed by atoms with Gasteiger partial charge in [0.2, 0.25) is 6.29 Å². The van der Waals surface area contributed by atoms with E-state index in [1.165, 1.54) is 0 Å². The van der Waals surface area contributed by atoms with Gasteiger partial charge in [-0.15, -0.1) is 12.4 Å². The van der Waals surface area contributed by atoms with Gasteiger partial charge in [-0.1, -0.05) is 0 Å². The quantitative estimate of drug-likeness (QED) is 0.327. The van der Waals surface area contributed by atoms with Crippen molar-refractivity contribution in [3.63, 3.8) is 0 Å². The molecule has 3 rings (SSSR count). The number of fused-ring (bicyclic) bond motifs is 2. The van der Waals surface area contributed by atoms with E-state index in [2.05, 4.69) is 10.6 Å². The molecule has 3 fully saturated rings. The van der Waals surface area contributed by atoms with E-state index >= 15 is 0 Å². The molecule has 9 unspecified atom stereocenters. The zero-order chi connectivity index (χ0) is 16.9. The van der Waals surface area contributed by atoms with Crippen LogP contribution in [0.15, 0.2) is 0 Å². The Balaban J connectivity index is 0.00000156. The molecule has 10 nitrogen and oxygen atoms in total. The highest BCUT2D eigenvalue weighted by atomic mass is 35.5. The van der Waals surface area contributed by atoms with Crippen molar-refractivity contribution in [2.24, 2.45) is 0 Å². The van der Waals surface area contributed by atoms with Gasteiger partial charge in [0.05, 0.1) is 24.3 Å². The van der Waals surface area contributed by atoms with Gasteiger partial charge in [-0.05, 0) is 21.0 Å². The van der Waals surface area contributed by atoms with Gasteiger partial charge in [0.1, 0.15) is 18.3 Å². The third-order valence-corrected chi connectivity index (χ3v) is 4.93. The fourth-order valence-corrected chi connectivity index (χ4v) is 3.68. The van der Waals surface area contributed by atoms with E-state index < -0.39 is 60.5 Å². The van der Waals surface area contributed by atoms with E-state index in [-0.39, 0.29) is 24.3 Å². The van der Waals surface area contributed by atoms with Crippen LogP contribution in [-0.2, 0) is 19.0 Å². The molecular weight excluding hydrogens is 360 g/mol. The lowest BCUT2D eigenvalue weighted by Gasteiger charge is -2.55. The lowest BCUT2D eigenvalue weighted by molar-refractivity contribution is -0.420. The highest BCUT2D eigenvalue weighted by molar-refractivity contribution is 5.87. The van der Waals surface area contributed by atoms with Gasteiger partial charge in [0.25, 0.3) is 5.79 Å². The Kier molecular flexibility index (Phi) is 7.33. The van der Waals surface area contributed by atoms with Crippen LogP contribution in [0.5, 0.6) is 0 Å². The second-order valence-electron chi connectivity index (χ2n) is 6.40. The summed E-state index contributed by atoms with van der Waals surface area (Å²) in [6.45, 7) is 1.70. The largest absolute Gasteiger partial charge is 0.412 e. The van der Waals surface area contributed by atoms with Crippen molar-refractivity contribution in [1.29, 1.82) is 0 Å². The molecule has 0 bridgehead atoms. The van der Waals surface area contributed by atoms with Crippen molar-refractivity contribution >= 4 is 18.2 Å². The van der Waals surface area contributed by atoms with E-state index in [0.717, 1.165) is 0 Å². The molecule has 11 heteroatoms. The summed E-state index contributed by atoms with van der Waals surface area (Å²) >= 11 is 0. The molecular formula is C14H27ClN2O8. The summed E-state index contributed by atoms with van der Waals surface area (Å²) in [5, 5.41) is 37.2. The third kappa shape index (κ3) is 3.44. The molecule has 0 amide bonds. The molecule has 0 spiro atoms. The van der Waals surface area contributed by atoms with Gasteiger partial charge in [0, 0.05) is 6.42 Å². The van der Waals surface area contributed by atoms with Crippen LogP contribution in [0.2, 0.25) is 0 Å². The normalized spacial score (nSPS) is 49.3. The van der Waals surface area contributed by atoms with Crippen molar-refractivity contribution in [2.45, 2.75) is 68.0 Å². The van der Waals surface area contributed by atoms with Gasteiger partial charge in [-0.2, -0.15) is 0 Å². The fraction of sp³-hybridized carbons (Fsp3) is 0.929. The number of Topliss-reactive ketones (excluding diaryl/α,β-unsaturated/α-hetero) is 1. The van der Waals surface area contributed by atoms with Crippen LogP contribution in [0.1, 0.15) is 13.3 Å². The highest BCUT2D eigenvalue weighted by Gasteiger charge is 2.63. The summed E-state index contributed by atoms with van der Waals surface area (Å²) in [5.74, 6) is -2.76. The predicted molar refractivity (Wildman–Crippen MR) is 87.2 cm³/mol. The number of hydrogen-bond acceptors (Lipinski definition) is 9. The second-order valence-corrected chi connectivity index (χ2v) is 6.40. The molecule has 7 N–H and O–H groups in total. The van der Waals surface area contributed by atoms with E-state index in [4.69, 9.17) is 14.2 Å². The van der Waals surface area contributed by atoms with Crippen LogP contribution < -0.4 is 10.6 Å². The first kappa shape index (κ1) is 22.6. The molecule has 1 aliphatic carbocycles. The minimum Gasteiger partial charge on any atom is -0.412 e. The number of halogens is 1. The van der Waals surface area contributed by atoms with E-state index in [1.807, 2.05) is 0 Å². The van der Waals surface area contributed by atoms with Crippen molar-refractivity contribution < 1.29 is 39.8 Å². The zero-order valence-corrected chi connectivity index (χ0v) is 15.0. The van der Waals surface area contributed by atoms with Crippen molar-refractivity contribution in [2.75, 3.05) is 14.1 Å². The van der Waals surface area contributed by atoms with E-state index in [1.54, 1.807) is 21.0 Å². The van der Waals surface area contributed by atoms with Crippen LogP contribution in [0.4, 0.5) is 0 Å². The zero-order valence-electron chi connectivity index (χ0n) is 14.2. The number of rotatable bonds is 2. The molecule has 0 radical (unpaired) electrons.